The van der Waals surface area contributed by atoms with Gasteiger partial charge in [-0.3, -0.25) is 0 Å². The lowest BCUT2D eigenvalue weighted by atomic mass is 10.2. The van der Waals surface area contributed by atoms with Crippen molar-refractivity contribution in [2.45, 2.75) is 19.8 Å². The number of phenolic OH excluding ortho intramolecular Hbond substituents is 1. The van der Waals surface area contributed by atoms with Crippen molar-refractivity contribution < 1.29 is 5.11 Å². The Morgan fingerprint density at radius 1 is 1.33 bits per heavy atom. The summed E-state index contributed by atoms with van der Waals surface area (Å²) < 4.78 is 0. The lowest BCUT2D eigenvalue weighted by Gasteiger charge is -1.98. The van der Waals surface area contributed by atoms with Gasteiger partial charge in [-0.05, 0) is 18.6 Å². The number of phenols is 1. The number of nitrogens with zero attached hydrogens (tertiary/aromatic N) is 1. The van der Waals surface area contributed by atoms with Gasteiger partial charge < -0.3 is 5.11 Å². The van der Waals surface area contributed by atoms with E-state index < -0.39 is 0 Å². The van der Waals surface area contributed by atoms with Crippen molar-refractivity contribution in [1.29, 1.82) is 0 Å². The minimum absolute atomic E-state index is 0.301. The maximum Gasteiger partial charge on any atom is 0.127 e. The molecule has 0 aliphatic carbocycles. The van der Waals surface area contributed by atoms with Gasteiger partial charge >= 0.3 is 0 Å². The molecule has 0 amide bonds. The van der Waals surface area contributed by atoms with Crippen LogP contribution >= 0.6 is 11.3 Å². The van der Waals surface area contributed by atoms with E-state index in [0.29, 0.717) is 5.75 Å². The number of rotatable bonds is 3. The van der Waals surface area contributed by atoms with Crippen molar-refractivity contribution in [3.05, 3.63) is 35.3 Å². The Bertz CT molecular complexity index is 450. The van der Waals surface area contributed by atoms with Crippen molar-refractivity contribution in [1.82, 2.24) is 4.98 Å². The first kappa shape index (κ1) is 10.2. The minimum Gasteiger partial charge on any atom is -0.507 e. The van der Waals surface area contributed by atoms with E-state index in [9.17, 15) is 5.11 Å². The number of para-hydroxylation sites is 1. The number of benzene rings is 1. The van der Waals surface area contributed by atoms with Crippen LogP contribution in [0.5, 0.6) is 5.75 Å². The Balaban J connectivity index is 2.33. The van der Waals surface area contributed by atoms with Crippen molar-refractivity contribution >= 4 is 11.3 Å². The zero-order chi connectivity index (χ0) is 10.7. The summed E-state index contributed by atoms with van der Waals surface area (Å²) in [7, 11) is 0. The average Bonchev–Trinajstić information content (AvgIpc) is 2.68. The van der Waals surface area contributed by atoms with Crippen molar-refractivity contribution in [3.8, 4) is 16.3 Å². The predicted molar refractivity (Wildman–Crippen MR) is 63.2 cm³/mol. The molecule has 2 rings (SSSR count). The van der Waals surface area contributed by atoms with Gasteiger partial charge in [0, 0.05) is 5.38 Å². The van der Waals surface area contributed by atoms with Gasteiger partial charge in [-0.15, -0.1) is 11.3 Å². The maximum atomic E-state index is 9.67. The topological polar surface area (TPSA) is 33.1 Å². The van der Waals surface area contributed by atoms with E-state index in [1.807, 2.05) is 18.2 Å². The highest BCUT2D eigenvalue weighted by molar-refractivity contribution is 7.13. The number of hydrogen-bond acceptors (Lipinski definition) is 3. The smallest absolute Gasteiger partial charge is 0.127 e. The number of hydrogen-bond donors (Lipinski definition) is 1. The van der Waals surface area contributed by atoms with E-state index in [0.717, 1.165) is 29.1 Å². The van der Waals surface area contributed by atoms with E-state index in [2.05, 4.69) is 17.3 Å². The van der Waals surface area contributed by atoms with Crippen molar-refractivity contribution in [2.24, 2.45) is 0 Å². The van der Waals surface area contributed by atoms with Gasteiger partial charge in [-0.25, -0.2) is 4.98 Å². The molecule has 0 aliphatic rings. The summed E-state index contributed by atoms with van der Waals surface area (Å²) in [6.45, 7) is 2.14. The van der Waals surface area contributed by atoms with Crippen LogP contribution in [0, 0.1) is 0 Å². The molecule has 3 heteroatoms. The molecule has 0 aliphatic heterocycles. The third-order valence-corrected chi connectivity index (χ3v) is 3.12. The second kappa shape index (κ2) is 4.45. The van der Waals surface area contributed by atoms with Gasteiger partial charge in [0.2, 0.25) is 0 Å². The van der Waals surface area contributed by atoms with Crippen LogP contribution in [0.15, 0.2) is 29.6 Å². The molecule has 1 aromatic carbocycles. The van der Waals surface area contributed by atoms with Crippen LogP contribution in [0.3, 0.4) is 0 Å². The van der Waals surface area contributed by atoms with E-state index in [1.165, 1.54) is 0 Å². The lowest BCUT2D eigenvalue weighted by Crippen LogP contribution is -1.83. The zero-order valence-electron chi connectivity index (χ0n) is 8.60. The Morgan fingerprint density at radius 3 is 2.87 bits per heavy atom. The van der Waals surface area contributed by atoms with Crippen LogP contribution in [0.2, 0.25) is 0 Å². The molecular formula is C12H13NOS. The third kappa shape index (κ3) is 2.18. The van der Waals surface area contributed by atoms with Crippen LogP contribution in [0.4, 0.5) is 0 Å². The van der Waals surface area contributed by atoms with Gasteiger partial charge in [-0.1, -0.05) is 25.5 Å². The highest BCUT2D eigenvalue weighted by atomic mass is 32.1. The Morgan fingerprint density at radius 2 is 2.13 bits per heavy atom. The summed E-state index contributed by atoms with van der Waals surface area (Å²) in [4.78, 5) is 4.49. The van der Waals surface area contributed by atoms with Gasteiger partial charge in [0.25, 0.3) is 0 Å². The third-order valence-electron chi connectivity index (χ3n) is 2.19. The van der Waals surface area contributed by atoms with Gasteiger partial charge in [0.1, 0.15) is 10.8 Å². The quantitative estimate of drug-likeness (QED) is 0.857. The Kier molecular flexibility index (Phi) is 3.02. The largest absolute Gasteiger partial charge is 0.507 e. The van der Waals surface area contributed by atoms with Gasteiger partial charge in [0.15, 0.2) is 0 Å². The monoisotopic (exact) mass is 219 g/mol. The summed E-state index contributed by atoms with van der Waals surface area (Å²) in [6, 6.07) is 7.31. The molecule has 2 nitrogen and oxygen atoms in total. The van der Waals surface area contributed by atoms with E-state index >= 15 is 0 Å². The number of aromatic nitrogens is 1. The summed E-state index contributed by atoms with van der Waals surface area (Å²) in [5.41, 5.74) is 1.94. The number of thiazole rings is 1. The molecule has 0 radical (unpaired) electrons. The first-order valence-corrected chi connectivity index (χ1v) is 5.92. The highest BCUT2D eigenvalue weighted by Crippen LogP contribution is 2.31. The molecule has 78 valence electrons. The molecule has 0 bridgehead atoms. The summed E-state index contributed by atoms with van der Waals surface area (Å²) in [6.07, 6.45) is 2.11. The summed E-state index contributed by atoms with van der Waals surface area (Å²) in [5.74, 6) is 0.301. The minimum atomic E-state index is 0.301. The molecule has 0 unspecified atom stereocenters. The molecule has 0 spiro atoms. The maximum absolute atomic E-state index is 9.67. The molecule has 0 fully saturated rings. The normalized spacial score (nSPS) is 10.5. The summed E-state index contributed by atoms with van der Waals surface area (Å²) in [5, 5.41) is 12.6. The fraction of sp³-hybridized carbons (Fsp3) is 0.250. The first-order chi connectivity index (χ1) is 7.31. The Labute approximate surface area is 93.2 Å². The predicted octanol–water partition coefficient (Wildman–Crippen LogP) is 3.47. The number of aromatic hydroxyl groups is 1. The van der Waals surface area contributed by atoms with Crippen molar-refractivity contribution in [3.63, 3.8) is 0 Å². The highest BCUT2D eigenvalue weighted by Gasteiger charge is 2.07. The van der Waals surface area contributed by atoms with E-state index in [4.69, 9.17) is 0 Å². The molecule has 0 atom stereocenters. The SMILES string of the molecule is CCCc1csc(-c2ccccc2O)n1. The average molecular weight is 219 g/mol. The molecule has 15 heavy (non-hydrogen) atoms. The molecule has 0 saturated carbocycles. The van der Waals surface area contributed by atoms with Crippen LogP contribution in [0.1, 0.15) is 19.0 Å². The van der Waals surface area contributed by atoms with E-state index in [1.54, 1.807) is 17.4 Å². The first-order valence-electron chi connectivity index (χ1n) is 5.04. The van der Waals surface area contributed by atoms with Crippen LogP contribution in [0.25, 0.3) is 10.6 Å². The van der Waals surface area contributed by atoms with E-state index in [-0.39, 0.29) is 0 Å². The molecule has 1 heterocycles. The molecule has 1 N–H and O–H groups in total. The molecule has 1 aromatic heterocycles. The fourth-order valence-electron chi connectivity index (χ4n) is 1.46. The Hall–Kier alpha value is -1.35. The lowest BCUT2D eigenvalue weighted by molar-refractivity contribution is 0.477. The zero-order valence-corrected chi connectivity index (χ0v) is 9.42. The molecular weight excluding hydrogens is 206 g/mol. The van der Waals surface area contributed by atoms with Crippen molar-refractivity contribution in [2.75, 3.05) is 0 Å². The molecule has 2 aromatic rings. The summed E-state index contributed by atoms with van der Waals surface area (Å²) >= 11 is 1.59. The second-order valence-corrected chi connectivity index (χ2v) is 4.27. The van der Waals surface area contributed by atoms with Crippen LogP contribution < -0.4 is 0 Å². The van der Waals surface area contributed by atoms with Crippen LogP contribution in [-0.4, -0.2) is 10.1 Å². The van der Waals surface area contributed by atoms with Gasteiger partial charge in [-0.2, -0.15) is 0 Å². The standard InChI is InChI=1S/C12H13NOS/c1-2-5-9-8-15-12(13-9)10-6-3-4-7-11(10)14/h3-4,6-8,14H,2,5H2,1H3. The molecule has 0 saturated heterocycles. The number of aryl methyl sites for hydroxylation is 1. The second-order valence-electron chi connectivity index (χ2n) is 3.41. The van der Waals surface area contributed by atoms with Crippen LogP contribution in [-0.2, 0) is 6.42 Å². The fourth-order valence-corrected chi connectivity index (χ4v) is 2.34. The van der Waals surface area contributed by atoms with Gasteiger partial charge in [0.05, 0.1) is 11.3 Å².